The molecule has 132 valence electrons. The van der Waals surface area contributed by atoms with Crippen molar-refractivity contribution in [2.75, 3.05) is 6.61 Å². The van der Waals surface area contributed by atoms with E-state index < -0.39 is 0 Å². The lowest BCUT2D eigenvalue weighted by molar-refractivity contribution is 0.225. The average Bonchev–Trinajstić information content (AvgIpc) is 3.22. The predicted molar refractivity (Wildman–Crippen MR) is 97.3 cm³/mol. The summed E-state index contributed by atoms with van der Waals surface area (Å²) >= 11 is 0. The summed E-state index contributed by atoms with van der Waals surface area (Å²) in [6, 6.07) is 20.7. The summed E-state index contributed by atoms with van der Waals surface area (Å²) in [6.45, 7) is 0.935. The zero-order chi connectivity index (χ0) is 18.2. The van der Waals surface area contributed by atoms with Gasteiger partial charge in [0.25, 0.3) is 0 Å². The van der Waals surface area contributed by atoms with Gasteiger partial charge in [0.2, 0.25) is 0 Å². The maximum Gasteiger partial charge on any atom is 0.123 e. The van der Waals surface area contributed by atoms with Crippen LogP contribution in [0.5, 0.6) is 5.75 Å². The van der Waals surface area contributed by atoms with Crippen molar-refractivity contribution in [3.8, 4) is 11.8 Å². The van der Waals surface area contributed by atoms with Crippen LogP contribution in [0.4, 0.5) is 0 Å². The van der Waals surface area contributed by atoms with Crippen molar-refractivity contribution in [1.29, 1.82) is 5.26 Å². The molecule has 0 aliphatic rings. The van der Waals surface area contributed by atoms with Crippen LogP contribution in [0, 0.1) is 11.3 Å². The number of ether oxygens (including phenoxy) is 1. The first kappa shape index (κ1) is 17.7. The Bertz CT molecular complexity index is 869. The number of nitrogens with zero attached hydrogens (tertiary/aromatic N) is 1. The Hall–Kier alpha value is -3.07. The number of aliphatic hydroxyl groups excluding tert-OH is 1. The normalized spacial score (nSPS) is 11.7. The molecule has 3 aromatic rings. The van der Waals surface area contributed by atoms with Crippen LogP contribution in [0.1, 0.15) is 28.5 Å². The second kappa shape index (κ2) is 8.86. The number of hydrogen-bond donors (Lipinski definition) is 2. The van der Waals surface area contributed by atoms with E-state index in [-0.39, 0.29) is 12.6 Å². The van der Waals surface area contributed by atoms with E-state index in [9.17, 15) is 5.11 Å². The number of aliphatic hydroxyl groups is 1. The molecule has 0 fully saturated rings. The summed E-state index contributed by atoms with van der Waals surface area (Å²) in [4.78, 5) is 0. The van der Waals surface area contributed by atoms with Crippen molar-refractivity contribution in [1.82, 2.24) is 5.32 Å². The van der Waals surface area contributed by atoms with E-state index in [0.717, 1.165) is 16.9 Å². The van der Waals surface area contributed by atoms with E-state index in [1.807, 2.05) is 48.5 Å². The number of nitriles is 1. The molecular formula is C21H20N2O3. The SMILES string of the molecule is N#Cc1cccc(COc2cccc(CNC(CO)c3ccco3)c2)c1. The van der Waals surface area contributed by atoms with Gasteiger partial charge in [-0.1, -0.05) is 24.3 Å². The van der Waals surface area contributed by atoms with Gasteiger partial charge >= 0.3 is 0 Å². The molecule has 0 bridgehead atoms. The average molecular weight is 348 g/mol. The van der Waals surface area contributed by atoms with Gasteiger partial charge in [0.1, 0.15) is 18.1 Å². The lowest BCUT2D eigenvalue weighted by Crippen LogP contribution is -2.23. The summed E-state index contributed by atoms with van der Waals surface area (Å²) in [5.74, 6) is 1.46. The number of benzene rings is 2. The fourth-order valence-corrected chi connectivity index (χ4v) is 2.63. The first-order valence-electron chi connectivity index (χ1n) is 8.37. The molecule has 3 rings (SSSR count). The van der Waals surface area contributed by atoms with Crippen LogP contribution >= 0.6 is 0 Å². The highest BCUT2D eigenvalue weighted by Crippen LogP contribution is 2.18. The molecular weight excluding hydrogens is 328 g/mol. The lowest BCUT2D eigenvalue weighted by Gasteiger charge is -2.14. The van der Waals surface area contributed by atoms with Crippen molar-refractivity contribution in [3.63, 3.8) is 0 Å². The molecule has 0 saturated heterocycles. The molecule has 0 saturated carbocycles. The summed E-state index contributed by atoms with van der Waals surface area (Å²) in [5, 5.41) is 21.7. The quantitative estimate of drug-likeness (QED) is 0.651. The van der Waals surface area contributed by atoms with Gasteiger partial charge in [0, 0.05) is 6.54 Å². The zero-order valence-corrected chi connectivity index (χ0v) is 14.3. The number of hydrogen-bond acceptors (Lipinski definition) is 5. The molecule has 0 aliphatic carbocycles. The molecule has 0 amide bonds. The van der Waals surface area contributed by atoms with Crippen molar-refractivity contribution in [2.45, 2.75) is 19.2 Å². The number of rotatable bonds is 8. The molecule has 5 heteroatoms. The van der Waals surface area contributed by atoms with Gasteiger partial charge in [-0.15, -0.1) is 0 Å². The minimum Gasteiger partial charge on any atom is -0.489 e. The highest BCUT2D eigenvalue weighted by molar-refractivity contribution is 5.33. The number of furan rings is 1. The van der Waals surface area contributed by atoms with E-state index in [1.165, 1.54) is 0 Å². The molecule has 0 aliphatic heterocycles. The van der Waals surface area contributed by atoms with Crippen molar-refractivity contribution < 1.29 is 14.3 Å². The van der Waals surface area contributed by atoms with Crippen LogP contribution in [-0.2, 0) is 13.2 Å². The summed E-state index contributed by atoms with van der Waals surface area (Å²) < 4.78 is 11.2. The zero-order valence-electron chi connectivity index (χ0n) is 14.3. The first-order valence-corrected chi connectivity index (χ1v) is 8.37. The Balaban J connectivity index is 1.58. The minimum absolute atomic E-state index is 0.0427. The number of nitrogens with one attached hydrogen (secondary N) is 1. The predicted octanol–water partition coefficient (Wildman–Crippen LogP) is 3.55. The molecule has 0 spiro atoms. The van der Waals surface area contributed by atoms with E-state index in [2.05, 4.69) is 11.4 Å². The Kier molecular flexibility index (Phi) is 6.05. The van der Waals surface area contributed by atoms with Crippen LogP contribution in [0.3, 0.4) is 0 Å². The van der Waals surface area contributed by atoms with Crippen molar-refractivity contribution >= 4 is 0 Å². The summed E-state index contributed by atoms with van der Waals surface area (Å²) in [7, 11) is 0. The topological polar surface area (TPSA) is 78.4 Å². The fourth-order valence-electron chi connectivity index (χ4n) is 2.63. The maximum atomic E-state index is 9.51. The second-order valence-corrected chi connectivity index (χ2v) is 5.88. The Morgan fingerprint density at radius 2 is 1.92 bits per heavy atom. The van der Waals surface area contributed by atoms with Crippen molar-refractivity contribution in [3.05, 3.63) is 89.4 Å². The first-order chi connectivity index (χ1) is 12.8. The third-order valence-corrected chi connectivity index (χ3v) is 3.98. The summed E-state index contributed by atoms with van der Waals surface area (Å²) in [6.07, 6.45) is 1.59. The van der Waals surface area contributed by atoms with Crippen LogP contribution in [-0.4, -0.2) is 11.7 Å². The van der Waals surface area contributed by atoms with Gasteiger partial charge < -0.3 is 19.6 Å². The van der Waals surface area contributed by atoms with E-state index in [1.54, 1.807) is 18.4 Å². The van der Waals surface area contributed by atoms with E-state index in [4.69, 9.17) is 14.4 Å². The van der Waals surface area contributed by atoms with Crippen molar-refractivity contribution in [2.24, 2.45) is 0 Å². The van der Waals surface area contributed by atoms with Gasteiger partial charge in [-0.25, -0.2) is 0 Å². The standard InChI is InChI=1S/C21H20N2O3/c22-12-16-4-1-6-18(10-16)15-26-19-7-2-5-17(11-19)13-23-20(14-24)21-8-3-9-25-21/h1-11,20,23-24H,13-15H2. The smallest absolute Gasteiger partial charge is 0.123 e. The van der Waals surface area contributed by atoms with Gasteiger partial charge in [0.15, 0.2) is 0 Å². The highest BCUT2D eigenvalue weighted by atomic mass is 16.5. The monoisotopic (exact) mass is 348 g/mol. The largest absolute Gasteiger partial charge is 0.489 e. The molecule has 2 N–H and O–H groups in total. The minimum atomic E-state index is -0.247. The van der Waals surface area contributed by atoms with Gasteiger partial charge in [-0.3, -0.25) is 0 Å². The molecule has 26 heavy (non-hydrogen) atoms. The maximum absolute atomic E-state index is 9.51. The molecule has 5 nitrogen and oxygen atoms in total. The highest BCUT2D eigenvalue weighted by Gasteiger charge is 2.12. The third-order valence-electron chi connectivity index (χ3n) is 3.98. The molecule has 1 heterocycles. The fraction of sp³-hybridized carbons (Fsp3) is 0.190. The van der Waals surface area contributed by atoms with Crippen LogP contribution < -0.4 is 10.1 Å². The molecule has 2 aromatic carbocycles. The van der Waals surface area contributed by atoms with E-state index >= 15 is 0 Å². The Labute approximate surface area is 152 Å². The summed E-state index contributed by atoms with van der Waals surface area (Å²) in [5.41, 5.74) is 2.61. The van der Waals surface area contributed by atoms with Gasteiger partial charge in [0.05, 0.1) is 30.5 Å². The second-order valence-electron chi connectivity index (χ2n) is 5.88. The van der Waals surface area contributed by atoms with Crippen LogP contribution in [0.25, 0.3) is 0 Å². The molecule has 1 unspecified atom stereocenters. The van der Waals surface area contributed by atoms with E-state index in [0.29, 0.717) is 24.5 Å². The molecule has 1 aromatic heterocycles. The molecule has 0 radical (unpaired) electrons. The van der Waals surface area contributed by atoms with Crippen LogP contribution in [0.15, 0.2) is 71.3 Å². The Morgan fingerprint density at radius 1 is 1.08 bits per heavy atom. The van der Waals surface area contributed by atoms with Gasteiger partial charge in [-0.05, 0) is 47.5 Å². The Morgan fingerprint density at radius 3 is 2.69 bits per heavy atom. The van der Waals surface area contributed by atoms with Crippen LogP contribution in [0.2, 0.25) is 0 Å². The lowest BCUT2D eigenvalue weighted by atomic mass is 10.1. The molecule has 1 atom stereocenters. The van der Waals surface area contributed by atoms with Gasteiger partial charge in [-0.2, -0.15) is 5.26 Å². The third kappa shape index (κ3) is 4.73.